The summed E-state index contributed by atoms with van der Waals surface area (Å²) in [6.07, 6.45) is 6.05. The van der Waals surface area contributed by atoms with Crippen LogP contribution in [0.2, 0.25) is 0 Å². The lowest BCUT2D eigenvalue weighted by Crippen LogP contribution is -2.34. The third kappa shape index (κ3) is 4.90. The number of hydrogen-bond acceptors (Lipinski definition) is 3. The van der Waals surface area contributed by atoms with Gasteiger partial charge in [0, 0.05) is 37.9 Å². The lowest BCUT2D eigenvalue weighted by atomic mass is 10.1. The second-order valence-corrected chi connectivity index (χ2v) is 7.43. The number of amides is 1. The summed E-state index contributed by atoms with van der Waals surface area (Å²) in [4.78, 5) is 14.4. The van der Waals surface area contributed by atoms with Crippen molar-refractivity contribution < 1.29 is 9.18 Å². The van der Waals surface area contributed by atoms with Crippen molar-refractivity contribution in [3.63, 3.8) is 0 Å². The van der Waals surface area contributed by atoms with E-state index >= 15 is 0 Å². The Kier molecular flexibility index (Phi) is 6.00. The van der Waals surface area contributed by atoms with Crippen molar-refractivity contribution in [2.45, 2.75) is 38.4 Å². The number of nitrogens with one attached hydrogen (secondary N) is 1. The van der Waals surface area contributed by atoms with Crippen LogP contribution in [0.5, 0.6) is 0 Å². The first-order valence-electron chi connectivity index (χ1n) is 10.0. The molecular weight excluding hydrogens is 367 g/mol. The Labute approximate surface area is 170 Å². The first-order chi connectivity index (χ1) is 14.2. The minimum absolute atomic E-state index is 0.213. The molecule has 0 saturated carbocycles. The van der Waals surface area contributed by atoms with Crippen LogP contribution in [-0.4, -0.2) is 33.2 Å². The fraction of sp³-hybridized carbons (Fsp3) is 0.304. The molecule has 6 heteroatoms. The molecule has 1 unspecified atom stereocenters. The molecule has 5 nitrogen and oxygen atoms in total. The molecule has 1 aromatic heterocycles. The number of carbonyl (C=O) groups excluding carboxylic acids is 1. The zero-order valence-corrected chi connectivity index (χ0v) is 16.3. The van der Waals surface area contributed by atoms with Crippen LogP contribution in [0.15, 0.2) is 67.0 Å². The number of carbonyl (C=O) groups is 1. The Morgan fingerprint density at radius 1 is 1.10 bits per heavy atom. The first kappa shape index (κ1) is 19.3. The van der Waals surface area contributed by atoms with Crippen molar-refractivity contribution >= 4 is 5.91 Å². The topological polar surface area (TPSA) is 50.2 Å². The molecular formula is C23H25FN4O. The van der Waals surface area contributed by atoms with E-state index in [1.807, 2.05) is 40.0 Å². The van der Waals surface area contributed by atoms with Gasteiger partial charge in [0.05, 0.1) is 5.69 Å². The third-order valence-electron chi connectivity index (χ3n) is 5.36. The molecule has 1 fully saturated rings. The van der Waals surface area contributed by atoms with Crippen molar-refractivity contribution in [2.75, 3.05) is 6.54 Å². The van der Waals surface area contributed by atoms with Gasteiger partial charge in [-0.3, -0.25) is 4.79 Å². The molecule has 1 atom stereocenters. The van der Waals surface area contributed by atoms with Gasteiger partial charge in [0.15, 0.2) is 0 Å². The average molecular weight is 392 g/mol. The average Bonchev–Trinajstić information content (AvgIpc) is 3.37. The van der Waals surface area contributed by atoms with Crippen LogP contribution in [0.4, 0.5) is 4.39 Å². The van der Waals surface area contributed by atoms with Crippen LogP contribution < -0.4 is 5.32 Å². The van der Waals surface area contributed by atoms with Gasteiger partial charge in [0.25, 0.3) is 0 Å². The SMILES string of the molecule is O=C1CCC(CCNCc2cccc(F)c2)N1Cc1cccc(-n2cccn2)c1. The molecule has 2 heterocycles. The maximum Gasteiger partial charge on any atom is 0.223 e. The van der Waals surface area contributed by atoms with Crippen molar-refractivity contribution in [1.82, 2.24) is 20.0 Å². The van der Waals surface area contributed by atoms with Crippen molar-refractivity contribution in [3.05, 3.63) is 83.9 Å². The molecule has 0 bridgehead atoms. The number of hydrogen-bond donors (Lipinski definition) is 1. The zero-order valence-electron chi connectivity index (χ0n) is 16.3. The quantitative estimate of drug-likeness (QED) is 0.595. The summed E-state index contributed by atoms with van der Waals surface area (Å²) < 4.78 is 15.1. The number of rotatable bonds is 8. The van der Waals surface area contributed by atoms with Crippen LogP contribution in [-0.2, 0) is 17.9 Å². The maximum absolute atomic E-state index is 13.3. The molecule has 150 valence electrons. The van der Waals surface area contributed by atoms with E-state index in [4.69, 9.17) is 0 Å². The highest BCUT2D eigenvalue weighted by atomic mass is 19.1. The van der Waals surface area contributed by atoms with Crippen molar-refractivity contribution in [1.29, 1.82) is 0 Å². The Bertz CT molecular complexity index is 957. The van der Waals surface area contributed by atoms with Gasteiger partial charge in [-0.25, -0.2) is 9.07 Å². The predicted octanol–water partition coefficient (Wildman–Crippen LogP) is 3.68. The molecule has 1 saturated heterocycles. The molecule has 0 radical (unpaired) electrons. The van der Waals surface area contributed by atoms with Crippen LogP contribution >= 0.6 is 0 Å². The minimum atomic E-state index is -0.214. The smallest absolute Gasteiger partial charge is 0.223 e. The summed E-state index contributed by atoms with van der Waals surface area (Å²) >= 11 is 0. The Morgan fingerprint density at radius 3 is 2.79 bits per heavy atom. The first-order valence-corrected chi connectivity index (χ1v) is 10.0. The van der Waals surface area contributed by atoms with E-state index in [9.17, 15) is 9.18 Å². The van der Waals surface area contributed by atoms with E-state index in [0.717, 1.165) is 36.2 Å². The van der Waals surface area contributed by atoms with Crippen molar-refractivity contribution in [2.24, 2.45) is 0 Å². The highest BCUT2D eigenvalue weighted by Gasteiger charge is 2.30. The Balaban J connectivity index is 1.33. The van der Waals surface area contributed by atoms with E-state index in [1.54, 1.807) is 18.3 Å². The van der Waals surface area contributed by atoms with Gasteiger partial charge in [-0.15, -0.1) is 0 Å². The molecule has 29 heavy (non-hydrogen) atoms. The highest BCUT2D eigenvalue weighted by Crippen LogP contribution is 2.24. The Morgan fingerprint density at radius 2 is 1.97 bits per heavy atom. The van der Waals surface area contributed by atoms with Crippen LogP contribution in [0.1, 0.15) is 30.4 Å². The van der Waals surface area contributed by atoms with E-state index in [0.29, 0.717) is 19.5 Å². The highest BCUT2D eigenvalue weighted by molar-refractivity contribution is 5.78. The standard InChI is InChI=1S/C23H25FN4O/c24-20-6-1-4-18(14-20)16-25-12-10-21-8-9-23(29)27(21)17-19-5-2-7-22(15-19)28-13-3-11-26-28/h1-7,11,13-15,21,25H,8-10,12,16-17H2. The summed E-state index contributed by atoms with van der Waals surface area (Å²) in [5.74, 6) is -0.00108. The molecule has 1 amide bonds. The predicted molar refractivity (Wildman–Crippen MR) is 110 cm³/mol. The van der Waals surface area contributed by atoms with Gasteiger partial charge in [-0.2, -0.15) is 5.10 Å². The monoisotopic (exact) mass is 392 g/mol. The lowest BCUT2D eigenvalue weighted by Gasteiger charge is -2.25. The van der Waals surface area contributed by atoms with Crippen LogP contribution in [0.25, 0.3) is 5.69 Å². The fourth-order valence-corrected chi connectivity index (χ4v) is 3.87. The van der Waals surface area contributed by atoms with Gasteiger partial charge >= 0.3 is 0 Å². The van der Waals surface area contributed by atoms with E-state index in [-0.39, 0.29) is 17.8 Å². The van der Waals surface area contributed by atoms with Crippen LogP contribution in [0.3, 0.4) is 0 Å². The summed E-state index contributed by atoms with van der Waals surface area (Å²) in [6, 6.07) is 16.9. The second kappa shape index (κ2) is 9.01. The molecule has 0 spiro atoms. The molecule has 1 N–H and O–H groups in total. The zero-order chi connectivity index (χ0) is 20.1. The van der Waals surface area contributed by atoms with Crippen LogP contribution in [0, 0.1) is 5.82 Å². The van der Waals surface area contributed by atoms with Gasteiger partial charge in [0.2, 0.25) is 5.91 Å². The van der Waals surface area contributed by atoms with Gasteiger partial charge in [-0.1, -0.05) is 24.3 Å². The van der Waals surface area contributed by atoms with E-state index in [1.165, 1.54) is 6.07 Å². The normalized spacial score (nSPS) is 16.5. The van der Waals surface area contributed by atoms with Gasteiger partial charge in [0.1, 0.15) is 5.82 Å². The lowest BCUT2D eigenvalue weighted by molar-refractivity contribution is -0.129. The summed E-state index contributed by atoms with van der Waals surface area (Å²) in [7, 11) is 0. The van der Waals surface area contributed by atoms with Gasteiger partial charge < -0.3 is 10.2 Å². The minimum Gasteiger partial charge on any atom is -0.335 e. The summed E-state index contributed by atoms with van der Waals surface area (Å²) in [5.41, 5.74) is 3.03. The summed E-state index contributed by atoms with van der Waals surface area (Å²) in [5, 5.41) is 7.64. The molecule has 2 aromatic carbocycles. The molecule has 3 aromatic rings. The van der Waals surface area contributed by atoms with E-state index < -0.39 is 0 Å². The number of likely N-dealkylation sites (tertiary alicyclic amines) is 1. The fourth-order valence-electron chi connectivity index (χ4n) is 3.87. The molecule has 4 rings (SSSR count). The third-order valence-corrected chi connectivity index (χ3v) is 5.36. The number of aromatic nitrogens is 2. The Hall–Kier alpha value is -2.99. The molecule has 1 aliphatic heterocycles. The largest absolute Gasteiger partial charge is 0.335 e. The van der Waals surface area contributed by atoms with E-state index in [2.05, 4.69) is 22.5 Å². The van der Waals surface area contributed by atoms with Crippen molar-refractivity contribution in [3.8, 4) is 5.69 Å². The summed E-state index contributed by atoms with van der Waals surface area (Å²) in [6.45, 7) is 2.03. The maximum atomic E-state index is 13.3. The molecule has 1 aliphatic rings. The number of benzene rings is 2. The van der Waals surface area contributed by atoms with Gasteiger partial charge in [-0.05, 0) is 60.8 Å². The number of halogens is 1. The number of nitrogens with zero attached hydrogens (tertiary/aromatic N) is 3. The molecule has 0 aliphatic carbocycles. The second-order valence-electron chi connectivity index (χ2n) is 7.43.